The predicted molar refractivity (Wildman–Crippen MR) is 77.2 cm³/mol. The standard InChI is InChI=1S/C14H14FNO4S/c1-20-5-4-10(14(18)19)16-13(17)12-7-8-6-9(15)2-3-11(8)21-12/h2-3,6-7,10H,4-5H2,1H3,(H,16,17)(H,18,19). The van der Waals surface area contributed by atoms with Crippen molar-refractivity contribution < 1.29 is 23.8 Å². The molecule has 2 rings (SSSR count). The molecule has 1 aromatic heterocycles. The van der Waals surface area contributed by atoms with E-state index < -0.39 is 17.9 Å². The van der Waals surface area contributed by atoms with Crippen LogP contribution in [0.5, 0.6) is 0 Å². The molecule has 1 aromatic carbocycles. The third-order valence-corrected chi connectivity index (χ3v) is 4.03. The van der Waals surface area contributed by atoms with Crippen molar-refractivity contribution in [1.82, 2.24) is 5.32 Å². The summed E-state index contributed by atoms with van der Waals surface area (Å²) in [4.78, 5) is 23.5. The molecule has 0 spiro atoms. The number of hydrogen-bond donors (Lipinski definition) is 2. The van der Waals surface area contributed by atoms with Crippen LogP contribution in [0.2, 0.25) is 0 Å². The van der Waals surface area contributed by atoms with E-state index in [4.69, 9.17) is 9.84 Å². The van der Waals surface area contributed by atoms with Crippen molar-refractivity contribution in [3.05, 3.63) is 35.0 Å². The fraction of sp³-hybridized carbons (Fsp3) is 0.286. The average molecular weight is 311 g/mol. The van der Waals surface area contributed by atoms with Crippen LogP contribution in [0.1, 0.15) is 16.1 Å². The van der Waals surface area contributed by atoms with Crippen LogP contribution in [0.3, 0.4) is 0 Å². The first-order chi connectivity index (χ1) is 10.0. The van der Waals surface area contributed by atoms with Crippen molar-refractivity contribution >= 4 is 33.3 Å². The summed E-state index contributed by atoms with van der Waals surface area (Å²) in [6.45, 7) is 0.231. The number of nitrogens with one attached hydrogen (secondary N) is 1. The monoisotopic (exact) mass is 311 g/mol. The molecule has 2 N–H and O–H groups in total. The van der Waals surface area contributed by atoms with E-state index in [0.29, 0.717) is 10.3 Å². The van der Waals surface area contributed by atoms with Gasteiger partial charge in [-0.05, 0) is 29.7 Å². The van der Waals surface area contributed by atoms with E-state index >= 15 is 0 Å². The topological polar surface area (TPSA) is 75.6 Å². The molecule has 2 aromatic rings. The molecule has 112 valence electrons. The maximum atomic E-state index is 13.1. The number of methoxy groups -OCH3 is 1. The van der Waals surface area contributed by atoms with Gasteiger partial charge in [0.2, 0.25) is 0 Å². The molecule has 1 amide bonds. The Bertz CT molecular complexity index is 670. The number of thiophene rings is 1. The number of carboxylic acid groups (broad SMARTS) is 1. The minimum Gasteiger partial charge on any atom is -0.480 e. The molecule has 7 heteroatoms. The van der Waals surface area contributed by atoms with Crippen molar-refractivity contribution in [1.29, 1.82) is 0 Å². The van der Waals surface area contributed by atoms with E-state index in [1.165, 1.54) is 30.6 Å². The Balaban J connectivity index is 2.15. The minimum atomic E-state index is -1.12. The zero-order valence-electron chi connectivity index (χ0n) is 11.3. The highest BCUT2D eigenvalue weighted by Crippen LogP contribution is 2.26. The SMILES string of the molecule is COCCC(NC(=O)c1cc2cc(F)ccc2s1)C(=O)O. The molecule has 0 aliphatic heterocycles. The van der Waals surface area contributed by atoms with Gasteiger partial charge in [-0.3, -0.25) is 4.79 Å². The zero-order chi connectivity index (χ0) is 15.4. The molecule has 0 aliphatic rings. The van der Waals surface area contributed by atoms with E-state index in [0.717, 1.165) is 4.70 Å². The van der Waals surface area contributed by atoms with Gasteiger partial charge < -0.3 is 15.2 Å². The lowest BCUT2D eigenvalue weighted by Gasteiger charge is -2.13. The molecule has 1 atom stereocenters. The summed E-state index contributed by atoms with van der Waals surface area (Å²) in [6, 6.07) is 4.78. The van der Waals surface area contributed by atoms with Gasteiger partial charge in [-0.15, -0.1) is 11.3 Å². The Morgan fingerprint density at radius 2 is 2.19 bits per heavy atom. The molecule has 0 aliphatic carbocycles. The second kappa shape index (κ2) is 6.64. The van der Waals surface area contributed by atoms with Gasteiger partial charge in [-0.2, -0.15) is 0 Å². The molecular weight excluding hydrogens is 297 g/mol. The van der Waals surface area contributed by atoms with Gasteiger partial charge in [0.1, 0.15) is 11.9 Å². The first-order valence-corrected chi connectivity index (χ1v) is 7.04. The Morgan fingerprint density at radius 1 is 1.43 bits per heavy atom. The second-order valence-corrected chi connectivity index (χ2v) is 5.52. The smallest absolute Gasteiger partial charge is 0.326 e. The van der Waals surface area contributed by atoms with Crippen LogP contribution in [0.25, 0.3) is 10.1 Å². The molecule has 0 bridgehead atoms. The number of rotatable bonds is 6. The normalized spacial score (nSPS) is 12.3. The number of benzene rings is 1. The molecule has 0 saturated carbocycles. The van der Waals surface area contributed by atoms with Gasteiger partial charge in [-0.1, -0.05) is 0 Å². The third-order valence-electron chi connectivity index (χ3n) is 2.92. The van der Waals surface area contributed by atoms with Gasteiger partial charge in [0.25, 0.3) is 5.91 Å². The fourth-order valence-corrected chi connectivity index (χ4v) is 2.79. The highest BCUT2D eigenvalue weighted by atomic mass is 32.1. The van der Waals surface area contributed by atoms with Gasteiger partial charge in [0.05, 0.1) is 4.88 Å². The molecule has 21 heavy (non-hydrogen) atoms. The van der Waals surface area contributed by atoms with Crippen molar-refractivity contribution in [2.75, 3.05) is 13.7 Å². The Morgan fingerprint density at radius 3 is 2.86 bits per heavy atom. The number of ether oxygens (including phenoxy) is 1. The number of fused-ring (bicyclic) bond motifs is 1. The average Bonchev–Trinajstić information content (AvgIpc) is 2.85. The lowest BCUT2D eigenvalue weighted by molar-refractivity contribution is -0.139. The second-order valence-electron chi connectivity index (χ2n) is 4.44. The maximum Gasteiger partial charge on any atom is 0.326 e. The van der Waals surface area contributed by atoms with Crippen molar-refractivity contribution in [2.45, 2.75) is 12.5 Å². The summed E-state index contributed by atoms with van der Waals surface area (Å²) in [5.41, 5.74) is 0. The van der Waals surface area contributed by atoms with Crippen LogP contribution in [0, 0.1) is 5.82 Å². The summed E-state index contributed by atoms with van der Waals surface area (Å²) in [7, 11) is 1.46. The van der Waals surface area contributed by atoms with Crippen molar-refractivity contribution in [2.24, 2.45) is 0 Å². The Labute approximate surface area is 124 Å². The summed E-state index contributed by atoms with van der Waals surface area (Å²) >= 11 is 1.19. The molecule has 0 fully saturated rings. The number of hydrogen-bond acceptors (Lipinski definition) is 4. The summed E-state index contributed by atoms with van der Waals surface area (Å²) in [5.74, 6) is -1.98. The lowest BCUT2D eigenvalue weighted by Crippen LogP contribution is -2.41. The van der Waals surface area contributed by atoms with Crippen LogP contribution >= 0.6 is 11.3 Å². The molecule has 1 heterocycles. The quantitative estimate of drug-likeness (QED) is 0.858. The number of carbonyl (C=O) groups is 2. The third kappa shape index (κ3) is 3.77. The Kier molecular flexibility index (Phi) is 4.87. The van der Waals surface area contributed by atoms with E-state index in [2.05, 4.69) is 5.32 Å². The number of carbonyl (C=O) groups excluding carboxylic acids is 1. The van der Waals surface area contributed by atoms with Crippen LogP contribution in [-0.4, -0.2) is 36.7 Å². The fourth-order valence-electron chi connectivity index (χ4n) is 1.85. The molecule has 0 saturated heterocycles. The maximum absolute atomic E-state index is 13.1. The summed E-state index contributed by atoms with van der Waals surface area (Å²) in [5, 5.41) is 12.1. The van der Waals surface area contributed by atoms with Crippen LogP contribution < -0.4 is 5.32 Å². The van der Waals surface area contributed by atoms with Crippen molar-refractivity contribution in [3.8, 4) is 0 Å². The Hall–Kier alpha value is -1.99. The van der Waals surface area contributed by atoms with E-state index in [1.807, 2.05) is 0 Å². The molecule has 5 nitrogen and oxygen atoms in total. The minimum absolute atomic E-state index is 0.178. The van der Waals surface area contributed by atoms with Crippen molar-refractivity contribution in [3.63, 3.8) is 0 Å². The van der Waals surface area contributed by atoms with Crippen LogP contribution in [-0.2, 0) is 9.53 Å². The first kappa shape index (κ1) is 15.4. The molecule has 0 radical (unpaired) electrons. The van der Waals surface area contributed by atoms with Gasteiger partial charge >= 0.3 is 5.97 Å². The van der Waals surface area contributed by atoms with E-state index in [-0.39, 0.29) is 18.8 Å². The van der Waals surface area contributed by atoms with Crippen LogP contribution in [0.15, 0.2) is 24.3 Å². The number of amides is 1. The number of aliphatic carboxylic acids is 1. The van der Waals surface area contributed by atoms with E-state index in [1.54, 1.807) is 12.1 Å². The van der Waals surface area contributed by atoms with Gasteiger partial charge in [0.15, 0.2) is 0 Å². The number of halogens is 1. The first-order valence-electron chi connectivity index (χ1n) is 6.23. The summed E-state index contributed by atoms with van der Waals surface area (Å²) < 4.78 is 18.7. The number of carboxylic acids is 1. The lowest BCUT2D eigenvalue weighted by atomic mass is 10.2. The zero-order valence-corrected chi connectivity index (χ0v) is 12.1. The highest BCUT2D eigenvalue weighted by Gasteiger charge is 2.21. The molecule has 1 unspecified atom stereocenters. The largest absolute Gasteiger partial charge is 0.480 e. The highest BCUT2D eigenvalue weighted by molar-refractivity contribution is 7.20. The van der Waals surface area contributed by atoms with Gasteiger partial charge in [-0.25, -0.2) is 9.18 Å². The van der Waals surface area contributed by atoms with E-state index in [9.17, 15) is 14.0 Å². The van der Waals surface area contributed by atoms with Crippen LogP contribution in [0.4, 0.5) is 4.39 Å². The summed E-state index contributed by atoms with van der Waals surface area (Å²) in [6.07, 6.45) is 0.178. The van der Waals surface area contributed by atoms with Gasteiger partial charge in [0, 0.05) is 24.8 Å². The molecular formula is C14H14FNO4S. The predicted octanol–water partition coefficient (Wildman–Crippen LogP) is 2.26.